The van der Waals surface area contributed by atoms with Crippen molar-refractivity contribution in [3.63, 3.8) is 0 Å². The molecule has 0 bridgehead atoms. The van der Waals surface area contributed by atoms with E-state index in [-0.39, 0.29) is 64.0 Å². The van der Waals surface area contributed by atoms with Crippen LogP contribution in [-0.2, 0) is 20.7 Å². The van der Waals surface area contributed by atoms with Gasteiger partial charge in [-0.3, -0.25) is 4.79 Å². The molecule has 0 saturated heterocycles. The van der Waals surface area contributed by atoms with Gasteiger partial charge in [-0.25, -0.2) is 4.79 Å². The molecular weight excluding hydrogens is 575 g/mol. The third-order valence-electron chi connectivity index (χ3n) is 6.34. The quantitative estimate of drug-likeness (QED) is 0.102. The van der Waals surface area contributed by atoms with E-state index in [1.54, 1.807) is 42.5 Å². The summed E-state index contributed by atoms with van der Waals surface area (Å²) in [5, 5.41) is 12.7. The Morgan fingerprint density at radius 1 is 0.905 bits per heavy atom. The van der Waals surface area contributed by atoms with Crippen molar-refractivity contribution in [2.24, 2.45) is 0 Å². The second kappa shape index (κ2) is 13.8. The normalized spacial score (nSPS) is 12.5. The molecule has 0 fully saturated rings. The molecular formula is C29H23N2NaO9S. The molecule has 1 aliphatic heterocycles. The number of carboxylic acids is 1. The molecule has 0 atom stereocenters. The van der Waals surface area contributed by atoms with Crippen molar-refractivity contribution in [3.8, 4) is 23.0 Å². The minimum absolute atomic E-state index is 0. The smallest absolute Gasteiger partial charge is 0.545 e. The van der Waals surface area contributed by atoms with Gasteiger partial charge in [0.05, 0.1) is 31.9 Å². The Kier molecular flexibility index (Phi) is 10.2. The molecule has 5 rings (SSSR count). The average molecular weight is 599 g/mol. The van der Waals surface area contributed by atoms with Crippen LogP contribution in [0.3, 0.4) is 0 Å². The van der Waals surface area contributed by atoms with Gasteiger partial charge in [0.15, 0.2) is 23.9 Å². The number of fused-ring (bicyclic) bond motifs is 2. The van der Waals surface area contributed by atoms with Gasteiger partial charge in [0, 0.05) is 29.2 Å². The van der Waals surface area contributed by atoms with Crippen molar-refractivity contribution in [1.29, 1.82) is 0 Å². The number of carboxylic acid groups (broad SMARTS) is 1. The minimum atomic E-state index is -1.56. The molecule has 0 amide bonds. The Labute approximate surface area is 266 Å². The minimum Gasteiger partial charge on any atom is -0.545 e. The van der Waals surface area contributed by atoms with Gasteiger partial charge in [-0.15, -0.1) is 0 Å². The Morgan fingerprint density at radius 3 is 2.38 bits per heavy atom. The van der Waals surface area contributed by atoms with E-state index in [9.17, 15) is 19.5 Å². The van der Waals surface area contributed by atoms with Crippen LogP contribution in [0.25, 0.3) is 16.6 Å². The number of nitrogens with zero attached hydrogens (tertiary/aromatic N) is 2. The van der Waals surface area contributed by atoms with Crippen LogP contribution in [0.15, 0.2) is 60.2 Å². The van der Waals surface area contributed by atoms with E-state index < -0.39 is 24.3 Å². The van der Waals surface area contributed by atoms with Crippen molar-refractivity contribution in [1.82, 2.24) is 8.75 Å². The number of hydrogen-bond donors (Lipinski definition) is 0. The Balaban J connectivity index is 0.00000405. The molecule has 1 aliphatic rings. The maximum absolute atomic E-state index is 14.1. The van der Waals surface area contributed by atoms with Crippen LogP contribution < -0.4 is 53.6 Å². The fourth-order valence-corrected chi connectivity index (χ4v) is 4.84. The summed E-state index contributed by atoms with van der Waals surface area (Å²) in [4.78, 5) is 38.6. The average Bonchev–Trinajstić information content (AvgIpc) is 3.47. The number of esters is 1. The molecule has 0 aliphatic carbocycles. The summed E-state index contributed by atoms with van der Waals surface area (Å²) in [6.07, 6.45) is -0.190. The molecule has 210 valence electrons. The van der Waals surface area contributed by atoms with Crippen LogP contribution in [0, 0.1) is 0 Å². The van der Waals surface area contributed by atoms with Crippen molar-refractivity contribution < 1.29 is 72.7 Å². The first-order valence-electron chi connectivity index (χ1n) is 12.4. The molecule has 11 nitrogen and oxygen atoms in total. The molecule has 13 heteroatoms. The van der Waals surface area contributed by atoms with Gasteiger partial charge in [0.1, 0.15) is 35.7 Å². The largest absolute Gasteiger partial charge is 1.00 e. The van der Waals surface area contributed by atoms with Crippen LogP contribution >= 0.6 is 11.7 Å². The second-order valence-corrected chi connectivity index (χ2v) is 9.34. The number of ketones is 1. The number of methoxy groups -OCH3 is 2. The van der Waals surface area contributed by atoms with Gasteiger partial charge < -0.3 is 33.6 Å². The fourth-order valence-electron chi connectivity index (χ4n) is 4.32. The molecule has 42 heavy (non-hydrogen) atoms. The number of carbonyl (C=O) groups is 3. The predicted octanol–water partition coefficient (Wildman–Crippen LogP) is -0.344. The number of allylic oxidation sites excluding steroid dienone is 1. The number of aromatic nitrogens is 2. The van der Waals surface area contributed by atoms with E-state index in [2.05, 4.69) is 13.5 Å². The monoisotopic (exact) mass is 598 g/mol. The van der Waals surface area contributed by atoms with Crippen LogP contribution in [0.4, 0.5) is 0 Å². The molecule has 0 N–H and O–H groups in total. The van der Waals surface area contributed by atoms with E-state index in [1.807, 2.05) is 0 Å². The summed E-state index contributed by atoms with van der Waals surface area (Å²) in [7, 11) is 2.69. The van der Waals surface area contributed by atoms with E-state index in [4.69, 9.17) is 18.9 Å². The van der Waals surface area contributed by atoms with Crippen LogP contribution in [0.5, 0.6) is 23.0 Å². The van der Waals surface area contributed by atoms with E-state index in [1.165, 1.54) is 26.4 Å². The van der Waals surface area contributed by atoms with Crippen molar-refractivity contribution in [3.05, 3.63) is 76.9 Å². The molecule has 3 aromatic carbocycles. The second-order valence-electron chi connectivity index (χ2n) is 8.81. The van der Waals surface area contributed by atoms with E-state index in [0.717, 1.165) is 11.7 Å². The summed E-state index contributed by atoms with van der Waals surface area (Å²) in [6.45, 7) is 0.277. The SMILES string of the molecule is COC(=O)COc1cc(OC)ccc1CC(C(=O)c1ccc2c(c1)OCCO2)=C(C(=O)[O-])c1ccc2nsnc2c1.[Na+]. The van der Waals surface area contributed by atoms with E-state index in [0.29, 0.717) is 47.1 Å². The molecule has 0 saturated carbocycles. The fraction of sp³-hybridized carbons (Fsp3) is 0.207. The molecule has 2 heterocycles. The standard InChI is InChI=1S/C29H24N2O9S.Na/c1-36-19-6-3-16(24(14-19)40-15-26(32)37-2)11-20(28(33)18-5-8-23-25(13-18)39-10-9-38-23)27(29(34)35)17-4-7-21-22(12-17)31-41-30-21;/h3-8,12-14H,9-11,15H2,1-2H3,(H,34,35);/q;+1/p-1. The maximum atomic E-state index is 14.1. The van der Waals surface area contributed by atoms with Crippen molar-refractivity contribution in [2.75, 3.05) is 34.0 Å². The summed E-state index contributed by atoms with van der Waals surface area (Å²) >= 11 is 0.986. The Hall–Kier alpha value is -3.97. The third-order valence-corrected chi connectivity index (χ3v) is 6.90. The van der Waals surface area contributed by atoms with Gasteiger partial charge >= 0.3 is 35.5 Å². The van der Waals surface area contributed by atoms with Crippen LogP contribution in [0.2, 0.25) is 0 Å². The van der Waals surface area contributed by atoms with Crippen LogP contribution in [0.1, 0.15) is 21.5 Å². The molecule has 1 aromatic heterocycles. The topological polar surface area (TPSA) is 146 Å². The third kappa shape index (κ3) is 6.73. The summed E-state index contributed by atoms with van der Waals surface area (Å²) < 4.78 is 35.2. The number of Topliss-reactive ketones (excluding diaryl/α,β-unsaturated/α-hetero) is 1. The molecule has 4 aromatic rings. The summed E-state index contributed by atoms with van der Waals surface area (Å²) in [6, 6.07) is 14.2. The summed E-state index contributed by atoms with van der Waals surface area (Å²) in [5.41, 5.74) is 1.48. The Morgan fingerprint density at radius 2 is 1.64 bits per heavy atom. The first-order valence-corrected chi connectivity index (χ1v) is 13.1. The van der Waals surface area contributed by atoms with Gasteiger partial charge in [0.2, 0.25) is 0 Å². The number of ether oxygens (including phenoxy) is 5. The number of carbonyl (C=O) groups excluding carboxylic acids is 3. The first-order chi connectivity index (χ1) is 19.9. The van der Waals surface area contributed by atoms with Crippen molar-refractivity contribution in [2.45, 2.75) is 6.42 Å². The molecule has 0 spiro atoms. The van der Waals surface area contributed by atoms with Crippen LogP contribution in [-0.4, -0.2) is 60.5 Å². The summed E-state index contributed by atoms with van der Waals surface area (Å²) in [5.74, 6) is -1.27. The Bertz CT molecular complexity index is 1680. The maximum Gasteiger partial charge on any atom is 1.00 e. The van der Waals surface area contributed by atoms with Gasteiger partial charge in [-0.2, -0.15) is 8.75 Å². The zero-order valence-corrected chi connectivity index (χ0v) is 25.8. The number of rotatable bonds is 10. The van der Waals surface area contributed by atoms with Gasteiger partial charge in [0.25, 0.3) is 0 Å². The molecule has 0 radical (unpaired) electrons. The van der Waals surface area contributed by atoms with Gasteiger partial charge in [-0.05, 0) is 47.5 Å². The zero-order valence-electron chi connectivity index (χ0n) is 23.0. The number of aliphatic carboxylic acids is 1. The van der Waals surface area contributed by atoms with Gasteiger partial charge in [-0.1, -0.05) is 12.1 Å². The predicted molar refractivity (Wildman–Crippen MR) is 145 cm³/mol. The van der Waals surface area contributed by atoms with E-state index >= 15 is 0 Å². The number of hydrogen-bond acceptors (Lipinski definition) is 12. The molecule has 0 unspecified atom stereocenters. The first kappa shape index (κ1) is 31.0. The van der Waals surface area contributed by atoms with Crippen molar-refractivity contribution >= 4 is 46.1 Å². The number of benzene rings is 3. The zero-order chi connectivity index (χ0) is 28.9.